The number of hydrogen-bond acceptors (Lipinski definition) is 4. The van der Waals surface area contributed by atoms with Gasteiger partial charge in [0.2, 0.25) is 5.60 Å². The minimum Gasteiger partial charge on any atom is -0.373 e. The molecule has 1 aliphatic heterocycles. The van der Waals surface area contributed by atoms with Crippen LogP contribution in [0.2, 0.25) is 0 Å². The third-order valence-corrected chi connectivity index (χ3v) is 5.36. The van der Waals surface area contributed by atoms with E-state index in [4.69, 9.17) is 0 Å². The monoisotopic (exact) mass is 396 g/mol. The minimum absolute atomic E-state index is 0.0637. The third-order valence-electron chi connectivity index (χ3n) is 5.36. The highest BCUT2D eigenvalue weighted by Crippen LogP contribution is 2.36. The van der Waals surface area contributed by atoms with E-state index < -0.39 is 17.7 Å². The number of amides is 1. The van der Waals surface area contributed by atoms with Crippen LogP contribution in [0, 0.1) is 12.8 Å². The maximum atomic E-state index is 13.0. The lowest BCUT2D eigenvalue weighted by atomic mass is 9.91. The number of nitrogens with zero attached hydrogens (tertiary/aromatic N) is 4. The lowest BCUT2D eigenvalue weighted by Gasteiger charge is -2.40. The maximum absolute atomic E-state index is 13.0. The molecule has 9 heteroatoms. The number of carbonyl (C=O) groups is 1. The van der Waals surface area contributed by atoms with Crippen molar-refractivity contribution in [1.29, 1.82) is 0 Å². The normalized spacial score (nSPS) is 22.8. The fourth-order valence-electron chi connectivity index (χ4n) is 3.55. The number of piperidine rings is 1. The van der Waals surface area contributed by atoms with Crippen molar-refractivity contribution in [2.24, 2.45) is 5.92 Å². The Morgan fingerprint density at radius 1 is 1.25 bits per heavy atom. The highest BCUT2D eigenvalue weighted by atomic mass is 19.4. The van der Waals surface area contributed by atoms with Crippen LogP contribution in [-0.2, 0) is 4.79 Å². The van der Waals surface area contributed by atoms with Gasteiger partial charge in [-0.1, -0.05) is 36.8 Å². The fourth-order valence-corrected chi connectivity index (χ4v) is 3.55. The highest BCUT2D eigenvalue weighted by molar-refractivity contribution is 5.85. The molecule has 2 heterocycles. The van der Waals surface area contributed by atoms with Gasteiger partial charge in [-0.25, -0.2) is 0 Å². The molecule has 1 aromatic heterocycles. The molecule has 0 unspecified atom stereocenters. The summed E-state index contributed by atoms with van der Waals surface area (Å²) >= 11 is 0. The zero-order chi connectivity index (χ0) is 20.7. The van der Waals surface area contributed by atoms with Crippen molar-refractivity contribution in [3.05, 3.63) is 36.2 Å². The number of halogens is 3. The average Bonchev–Trinajstić information content (AvgIpc) is 3.10. The summed E-state index contributed by atoms with van der Waals surface area (Å²) in [6, 6.07) is 7.77. The van der Waals surface area contributed by atoms with Crippen LogP contribution in [0.1, 0.15) is 31.9 Å². The molecule has 0 bridgehead atoms. The number of aryl methyl sites for hydroxylation is 1. The van der Waals surface area contributed by atoms with E-state index in [-0.39, 0.29) is 25.0 Å². The lowest BCUT2D eigenvalue weighted by molar-refractivity contribution is -0.251. The van der Waals surface area contributed by atoms with Crippen LogP contribution in [0.3, 0.4) is 0 Å². The summed E-state index contributed by atoms with van der Waals surface area (Å²) in [5.41, 5.74) is -1.37. The molecule has 6 nitrogen and oxygen atoms in total. The molecule has 0 aliphatic carbocycles. The van der Waals surface area contributed by atoms with E-state index in [0.29, 0.717) is 19.2 Å². The highest BCUT2D eigenvalue weighted by Gasteiger charge is 2.57. The van der Waals surface area contributed by atoms with Crippen molar-refractivity contribution in [2.75, 3.05) is 13.1 Å². The Labute approximate surface area is 161 Å². The van der Waals surface area contributed by atoms with Crippen molar-refractivity contribution in [1.82, 2.24) is 19.7 Å². The molecule has 1 saturated heterocycles. The number of aromatic nitrogens is 3. The smallest absolute Gasteiger partial charge is 0.373 e. The zero-order valence-corrected chi connectivity index (χ0v) is 15.9. The van der Waals surface area contributed by atoms with Gasteiger partial charge in [0.25, 0.3) is 5.91 Å². The molecule has 0 spiro atoms. The molecule has 0 radical (unpaired) electrons. The molecule has 1 fully saturated rings. The number of rotatable bonds is 3. The summed E-state index contributed by atoms with van der Waals surface area (Å²) in [4.78, 5) is 13.3. The van der Waals surface area contributed by atoms with Crippen LogP contribution in [-0.4, -0.2) is 55.5 Å². The summed E-state index contributed by atoms with van der Waals surface area (Å²) in [6.45, 7) is 4.58. The van der Waals surface area contributed by atoms with Crippen molar-refractivity contribution >= 4 is 5.91 Å². The van der Waals surface area contributed by atoms with Crippen LogP contribution in [0.4, 0.5) is 13.2 Å². The Morgan fingerprint density at radius 2 is 1.89 bits per heavy atom. The first-order valence-electron chi connectivity index (χ1n) is 9.07. The molecule has 1 N–H and O–H groups in total. The Morgan fingerprint density at radius 3 is 2.46 bits per heavy atom. The Bertz CT molecular complexity index is 846. The first kappa shape index (κ1) is 20.3. The van der Waals surface area contributed by atoms with E-state index in [9.17, 15) is 23.1 Å². The molecule has 152 valence electrons. The molecule has 3 rings (SSSR count). The number of carbonyl (C=O) groups excluding carboxylic acids is 1. The van der Waals surface area contributed by atoms with Gasteiger partial charge in [-0.15, -0.1) is 10.2 Å². The van der Waals surface area contributed by atoms with Crippen molar-refractivity contribution < 1.29 is 23.1 Å². The summed E-state index contributed by atoms with van der Waals surface area (Å²) in [5.74, 6) is -0.770. The molecule has 0 saturated carbocycles. The predicted molar refractivity (Wildman–Crippen MR) is 96.3 cm³/mol. The molecule has 1 aliphatic rings. The van der Waals surface area contributed by atoms with Crippen LogP contribution >= 0.6 is 0 Å². The van der Waals surface area contributed by atoms with Gasteiger partial charge < -0.3 is 14.6 Å². The SMILES string of the molecule is Cc1ccc(-c2nncn2[C@H]2CCN(C(=O)[C@@](C)(O)C(F)(F)F)C[C@H]2C)cc1. The molecule has 2 aromatic rings. The van der Waals surface area contributed by atoms with Gasteiger partial charge >= 0.3 is 6.18 Å². The van der Waals surface area contributed by atoms with Gasteiger partial charge in [0.05, 0.1) is 0 Å². The number of alkyl halides is 3. The van der Waals surface area contributed by atoms with Crippen LogP contribution < -0.4 is 0 Å². The van der Waals surface area contributed by atoms with Gasteiger partial charge in [-0.2, -0.15) is 13.2 Å². The van der Waals surface area contributed by atoms with E-state index in [1.165, 1.54) is 0 Å². The van der Waals surface area contributed by atoms with E-state index in [2.05, 4.69) is 10.2 Å². The van der Waals surface area contributed by atoms with E-state index in [1.54, 1.807) is 6.33 Å². The van der Waals surface area contributed by atoms with Gasteiger partial charge in [0.15, 0.2) is 5.82 Å². The first-order valence-corrected chi connectivity index (χ1v) is 9.07. The molecule has 28 heavy (non-hydrogen) atoms. The second-order valence-electron chi connectivity index (χ2n) is 7.58. The van der Waals surface area contributed by atoms with Crippen LogP contribution in [0.25, 0.3) is 11.4 Å². The van der Waals surface area contributed by atoms with E-state index in [0.717, 1.165) is 16.0 Å². The maximum Gasteiger partial charge on any atom is 0.426 e. The zero-order valence-electron chi connectivity index (χ0n) is 15.9. The van der Waals surface area contributed by atoms with Crippen molar-refractivity contribution in [3.8, 4) is 11.4 Å². The summed E-state index contributed by atoms with van der Waals surface area (Å²) in [7, 11) is 0. The minimum atomic E-state index is -5.02. The number of benzene rings is 1. The van der Waals surface area contributed by atoms with Crippen molar-refractivity contribution in [2.45, 2.75) is 45.0 Å². The number of likely N-dealkylation sites (tertiary alicyclic amines) is 1. The molecular weight excluding hydrogens is 373 g/mol. The molecular formula is C19H23F3N4O2. The van der Waals surface area contributed by atoms with Gasteiger partial charge in [0.1, 0.15) is 6.33 Å². The standard InChI is InChI=1S/C19H23F3N4O2/c1-12-4-6-14(7-5-12)16-24-23-11-26(16)15-8-9-25(10-13(15)2)17(27)18(3,28)19(20,21)22/h4-7,11,13,15,28H,8-10H2,1-3H3/t13-,15+,18-/m1/s1. The Hall–Kier alpha value is -2.42. The van der Waals surface area contributed by atoms with E-state index in [1.807, 2.05) is 42.7 Å². The second-order valence-corrected chi connectivity index (χ2v) is 7.58. The van der Waals surface area contributed by atoms with E-state index >= 15 is 0 Å². The largest absolute Gasteiger partial charge is 0.426 e. The molecule has 1 aromatic carbocycles. The fraction of sp³-hybridized carbons (Fsp3) is 0.526. The number of aliphatic hydroxyl groups is 1. The van der Waals surface area contributed by atoms with Crippen LogP contribution in [0.15, 0.2) is 30.6 Å². The average molecular weight is 396 g/mol. The van der Waals surface area contributed by atoms with Crippen molar-refractivity contribution in [3.63, 3.8) is 0 Å². The first-order chi connectivity index (χ1) is 13.0. The summed E-state index contributed by atoms with van der Waals surface area (Å²) in [5, 5.41) is 17.9. The molecule has 3 atom stereocenters. The Balaban J connectivity index is 1.78. The quantitative estimate of drug-likeness (QED) is 0.866. The third kappa shape index (κ3) is 3.63. The topological polar surface area (TPSA) is 71.2 Å². The van der Waals surface area contributed by atoms with Gasteiger partial charge in [-0.05, 0) is 26.2 Å². The van der Waals surface area contributed by atoms with Crippen LogP contribution in [0.5, 0.6) is 0 Å². The lowest BCUT2D eigenvalue weighted by Crippen LogP contribution is -2.58. The summed E-state index contributed by atoms with van der Waals surface area (Å²) in [6.07, 6.45) is -2.96. The summed E-state index contributed by atoms with van der Waals surface area (Å²) < 4.78 is 40.9. The predicted octanol–water partition coefficient (Wildman–Crippen LogP) is 2.98. The van der Waals surface area contributed by atoms with Gasteiger partial charge in [-0.3, -0.25) is 4.79 Å². The Kier molecular flexibility index (Phi) is 5.22. The second kappa shape index (κ2) is 7.20. The van der Waals surface area contributed by atoms with Gasteiger partial charge in [0, 0.05) is 24.7 Å². The molecule has 1 amide bonds. The number of hydrogen-bond donors (Lipinski definition) is 1.